The number of fused-ring (bicyclic) bond motifs is 3. The van der Waals surface area contributed by atoms with Crippen LogP contribution in [0.3, 0.4) is 0 Å². The Hall–Kier alpha value is -0.230. The van der Waals surface area contributed by atoms with Gasteiger partial charge in [-0.3, -0.25) is 0 Å². The lowest BCUT2D eigenvalue weighted by Crippen LogP contribution is -2.60. The van der Waals surface area contributed by atoms with Crippen LogP contribution in [0.2, 0.25) is 0 Å². The Balaban J connectivity index is 1.94. The highest BCUT2D eigenvalue weighted by molar-refractivity contribution is 4.99. The summed E-state index contributed by atoms with van der Waals surface area (Å²) >= 11 is 0. The van der Waals surface area contributed by atoms with Crippen molar-refractivity contribution < 1.29 is 23.6 Å². The van der Waals surface area contributed by atoms with E-state index in [0.717, 1.165) is 25.7 Å². The highest BCUT2D eigenvalue weighted by atomic mass is 19.1. The molecule has 4 atom stereocenters. The van der Waals surface area contributed by atoms with Gasteiger partial charge in [0.2, 0.25) is 5.79 Å². The van der Waals surface area contributed by atoms with E-state index < -0.39 is 24.4 Å². The van der Waals surface area contributed by atoms with Crippen molar-refractivity contribution in [3.05, 3.63) is 0 Å². The summed E-state index contributed by atoms with van der Waals surface area (Å²) in [6, 6.07) is 0. The van der Waals surface area contributed by atoms with Crippen LogP contribution in [0.15, 0.2) is 0 Å². The van der Waals surface area contributed by atoms with Crippen molar-refractivity contribution in [2.24, 2.45) is 5.92 Å². The standard InChI is InChI=1S/C12H19FO4/c1-14-10-12-6-3-2-4-9(12)5-7-11(8-13,15-10)16-17-12/h9-10H,2-8H2,1H3/t9?,10?,11-,12-/m0/s1. The number of methoxy groups -OCH3 is 1. The summed E-state index contributed by atoms with van der Waals surface area (Å²) in [7, 11) is 1.58. The van der Waals surface area contributed by atoms with Crippen LogP contribution >= 0.6 is 0 Å². The van der Waals surface area contributed by atoms with Crippen molar-refractivity contribution in [1.29, 1.82) is 0 Å². The molecule has 1 saturated carbocycles. The predicted octanol–water partition coefficient (Wildman–Crippen LogP) is 2.33. The lowest BCUT2D eigenvalue weighted by molar-refractivity contribution is -0.552. The van der Waals surface area contributed by atoms with Crippen LogP contribution in [-0.2, 0) is 19.2 Å². The van der Waals surface area contributed by atoms with Gasteiger partial charge in [0.05, 0.1) is 0 Å². The Morgan fingerprint density at radius 1 is 1.24 bits per heavy atom. The molecule has 4 rings (SSSR count). The van der Waals surface area contributed by atoms with E-state index >= 15 is 0 Å². The molecule has 98 valence electrons. The quantitative estimate of drug-likeness (QED) is 0.701. The van der Waals surface area contributed by atoms with Gasteiger partial charge in [0.1, 0.15) is 6.67 Å². The van der Waals surface area contributed by atoms with Crippen molar-refractivity contribution in [3.8, 4) is 0 Å². The van der Waals surface area contributed by atoms with E-state index in [1.54, 1.807) is 7.11 Å². The predicted molar refractivity (Wildman–Crippen MR) is 56.7 cm³/mol. The molecule has 0 aromatic rings. The molecule has 4 nitrogen and oxygen atoms in total. The van der Waals surface area contributed by atoms with Crippen LogP contribution in [0.4, 0.5) is 4.39 Å². The third-order valence-electron chi connectivity index (χ3n) is 4.42. The molecular formula is C12H19FO4. The first kappa shape index (κ1) is 11.8. The van der Waals surface area contributed by atoms with Gasteiger partial charge in [0.15, 0.2) is 11.9 Å². The Labute approximate surface area is 100 Å². The molecule has 3 saturated heterocycles. The minimum atomic E-state index is -1.25. The second-order valence-electron chi connectivity index (χ2n) is 5.33. The monoisotopic (exact) mass is 246 g/mol. The molecule has 3 heterocycles. The van der Waals surface area contributed by atoms with E-state index in [-0.39, 0.29) is 0 Å². The lowest BCUT2D eigenvalue weighted by Gasteiger charge is -2.49. The second-order valence-corrected chi connectivity index (χ2v) is 5.33. The molecule has 0 aromatic heterocycles. The van der Waals surface area contributed by atoms with Crippen molar-refractivity contribution in [2.75, 3.05) is 13.8 Å². The summed E-state index contributed by atoms with van der Waals surface area (Å²) in [5.41, 5.74) is -0.526. The molecule has 17 heavy (non-hydrogen) atoms. The first-order chi connectivity index (χ1) is 8.25. The maximum absolute atomic E-state index is 13.1. The molecule has 2 bridgehead atoms. The Kier molecular flexibility index (Phi) is 2.89. The molecule has 3 aliphatic heterocycles. The molecule has 1 spiro atoms. The molecule has 0 N–H and O–H groups in total. The van der Waals surface area contributed by atoms with Crippen LogP contribution < -0.4 is 0 Å². The summed E-state index contributed by atoms with van der Waals surface area (Å²) in [6.07, 6.45) is 5.10. The molecule has 2 unspecified atom stereocenters. The van der Waals surface area contributed by atoms with Crippen molar-refractivity contribution in [3.63, 3.8) is 0 Å². The molecule has 0 amide bonds. The maximum atomic E-state index is 13.1. The van der Waals surface area contributed by atoms with Gasteiger partial charge in [-0.1, -0.05) is 12.8 Å². The van der Waals surface area contributed by atoms with Crippen molar-refractivity contribution in [1.82, 2.24) is 0 Å². The number of alkyl halides is 1. The highest BCUT2D eigenvalue weighted by Gasteiger charge is 2.61. The first-order valence-electron chi connectivity index (χ1n) is 6.38. The highest BCUT2D eigenvalue weighted by Crippen LogP contribution is 2.52. The number of ether oxygens (including phenoxy) is 2. The normalized spacial score (nSPS) is 49.8. The van der Waals surface area contributed by atoms with Crippen molar-refractivity contribution >= 4 is 0 Å². The Morgan fingerprint density at radius 3 is 2.88 bits per heavy atom. The van der Waals surface area contributed by atoms with Crippen LogP contribution in [0, 0.1) is 5.92 Å². The van der Waals surface area contributed by atoms with Crippen LogP contribution in [0.1, 0.15) is 38.5 Å². The average Bonchev–Trinajstić information content (AvgIpc) is 2.64. The zero-order valence-corrected chi connectivity index (χ0v) is 10.1. The third-order valence-corrected chi connectivity index (χ3v) is 4.42. The summed E-state index contributed by atoms with van der Waals surface area (Å²) < 4.78 is 24.2. The zero-order chi connectivity index (χ0) is 11.9. The number of hydrogen-bond donors (Lipinski definition) is 0. The fraction of sp³-hybridized carbons (Fsp3) is 1.00. The lowest BCUT2D eigenvalue weighted by atomic mass is 9.73. The molecule has 0 aromatic carbocycles. The van der Waals surface area contributed by atoms with E-state index in [1.807, 2.05) is 0 Å². The van der Waals surface area contributed by atoms with E-state index in [9.17, 15) is 4.39 Å². The summed E-state index contributed by atoms with van der Waals surface area (Å²) in [5.74, 6) is -0.902. The van der Waals surface area contributed by atoms with Gasteiger partial charge in [0.25, 0.3) is 0 Å². The van der Waals surface area contributed by atoms with Gasteiger partial charge in [-0.05, 0) is 25.2 Å². The van der Waals surface area contributed by atoms with Crippen LogP contribution in [0.25, 0.3) is 0 Å². The topological polar surface area (TPSA) is 36.9 Å². The van der Waals surface area contributed by atoms with E-state index in [2.05, 4.69) is 0 Å². The number of hydrogen-bond acceptors (Lipinski definition) is 4. The molecule has 4 aliphatic rings. The van der Waals surface area contributed by atoms with Crippen molar-refractivity contribution in [2.45, 2.75) is 56.2 Å². The number of rotatable bonds is 2. The molecule has 5 heteroatoms. The van der Waals surface area contributed by atoms with Gasteiger partial charge in [-0.15, -0.1) is 0 Å². The van der Waals surface area contributed by atoms with E-state index in [1.165, 1.54) is 6.42 Å². The van der Waals surface area contributed by atoms with Gasteiger partial charge in [0, 0.05) is 13.5 Å². The minimum absolute atomic E-state index is 0.345. The first-order valence-corrected chi connectivity index (χ1v) is 6.38. The second kappa shape index (κ2) is 4.16. The summed E-state index contributed by atoms with van der Waals surface area (Å²) in [6.45, 7) is -0.699. The van der Waals surface area contributed by atoms with Gasteiger partial charge >= 0.3 is 0 Å². The largest absolute Gasteiger partial charge is 0.353 e. The molecule has 4 fully saturated rings. The third kappa shape index (κ3) is 1.63. The molecule has 1 aliphatic carbocycles. The van der Waals surface area contributed by atoms with E-state index in [4.69, 9.17) is 19.2 Å². The van der Waals surface area contributed by atoms with Crippen LogP contribution in [-0.4, -0.2) is 31.5 Å². The Morgan fingerprint density at radius 2 is 2.12 bits per heavy atom. The van der Waals surface area contributed by atoms with E-state index in [0.29, 0.717) is 12.3 Å². The van der Waals surface area contributed by atoms with Gasteiger partial charge < -0.3 is 9.47 Å². The molecule has 0 radical (unpaired) electrons. The Bertz CT molecular complexity index is 296. The smallest absolute Gasteiger partial charge is 0.232 e. The zero-order valence-electron chi connectivity index (χ0n) is 10.1. The van der Waals surface area contributed by atoms with Crippen LogP contribution in [0.5, 0.6) is 0 Å². The number of halogens is 1. The molecular weight excluding hydrogens is 227 g/mol. The fourth-order valence-electron chi connectivity index (χ4n) is 3.42. The minimum Gasteiger partial charge on any atom is -0.353 e. The summed E-state index contributed by atoms with van der Waals surface area (Å²) in [4.78, 5) is 10.9. The van der Waals surface area contributed by atoms with Gasteiger partial charge in [-0.2, -0.15) is 4.89 Å². The maximum Gasteiger partial charge on any atom is 0.232 e. The average molecular weight is 246 g/mol. The van der Waals surface area contributed by atoms with Gasteiger partial charge in [-0.25, -0.2) is 9.28 Å². The summed E-state index contributed by atoms with van der Waals surface area (Å²) in [5, 5.41) is 0. The SMILES string of the molecule is COC1O[C@@]2(CF)CCC3CCCC[C@]31OO2. The fourth-order valence-corrected chi connectivity index (χ4v) is 3.42.